The van der Waals surface area contributed by atoms with Gasteiger partial charge in [0.2, 0.25) is 0 Å². The molecule has 1 fully saturated rings. The van der Waals surface area contributed by atoms with Gasteiger partial charge in [0.05, 0.1) is 17.3 Å². The standard InChI is InChI=1S/C12H22BrN5O/c1-8-5-4-6-12(7-8,19-3)10(15-14)9-11(13)16-17-18(9)2/h8,10,15H,4-7,14H2,1-3H3. The zero-order valence-electron chi connectivity index (χ0n) is 11.7. The first kappa shape index (κ1) is 14.9. The third kappa shape index (κ3) is 2.69. The number of aromatic nitrogens is 3. The Hall–Kier alpha value is -0.500. The fourth-order valence-corrected chi connectivity index (χ4v) is 3.79. The highest BCUT2D eigenvalue weighted by Crippen LogP contribution is 2.43. The molecule has 1 saturated carbocycles. The molecule has 0 radical (unpaired) electrons. The molecule has 19 heavy (non-hydrogen) atoms. The van der Waals surface area contributed by atoms with Crippen molar-refractivity contribution in [3.8, 4) is 0 Å². The number of halogens is 1. The summed E-state index contributed by atoms with van der Waals surface area (Å²) < 4.78 is 8.36. The minimum absolute atomic E-state index is 0.130. The lowest BCUT2D eigenvalue weighted by atomic mass is 9.74. The molecule has 1 aromatic heterocycles. The van der Waals surface area contributed by atoms with Crippen LogP contribution in [-0.2, 0) is 11.8 Å². The second-order valence-electron chi connectivity index (χ2n) is 5.46. The molecule has 1 heterocycles. The molecule has 0 bridgehead atoms. The lowest BCUT2D eigenvalue weighted by Gasteiger charge is -2.44. The summed E-state index contributed by atoms with van der Waals surface area (Å²) in [5.74, 6) is 6.45. The van der Waals surface area contributed by atoms with Gasteiger partial charge in [0.15, 0.2) is 4.60 Å². The molecular formula is C12H22BrN5O. The predicted molar refractivity (Wildman–Crippen MR) is 76.1 cm³/mol. The van der Waals surface area contributed by atoms with Gasteiger partial charge in [-0.1, -0.05) is 25.0 Å². The van der Waals surface area contributed by atoms with E-state index in [9.17, 15) is 0 Å². The van der Waals surface area contributed by atoms with Crippen molar-refractivity contribution in [2.75, 3.05) is 7.11 Å². The molecule has 1 aromatic rings. The van der Waals surface area contributed by atoms with Crippen LogP contribution >= 0.6 is 15.9 Å². The van der Waals surface area contributed by atoms with Gasteiger partial charge in [-0.25, -0.2) is 10.1 Å². The van der Waals surface area contributed by atoms with E-state index in [1.165, 1.54) is 6.42 Å². The summed E-state index contributed by atoms with van der Waals surface area (Å²) in [6.45, 7) is 2.26. The minimum Gasteiger partial charge on any atom is -0.376 e. The van der Waals surface area contributed by atoms with Crippen LogP contribution in [0.2, 0.25) is 0 Å². The normalized spacial score (nSPS) is 29.4. The molecule has 0 amide bonds. The zero-order chi connectivity index (χ0) is 14.0. The van der Waals surface area contributed by atoms with Crippen LogP contribution < -0.4 is 11.3 Å². The average molecular weight is 332 g/mol. The number of rotatable bonds is 4. The van der Waals surface area contributed by atoms with E-state index >= 15 is 0 Å². The number of hydrogen-bond donors (Lipinski definition) is 2. The van der Waals surface area contributed by atoms with Crippen molar-refractivity contribution in [1.29, 1.82) is 0 Å². The Kier molecular flexibility index (Phi) is 4.60. The predicted octanol–water partition coefficient (Wildman–Crippen LogP) is 1.68. The SMILES string of the molecule is COC1(C(NN)c2c(Br)nnn2C)CCCC(C)C1. The Morgan fingerprint density at radius 1 is 1.63 bits per heavy atom. The first-order valence-corrected chi connectivity index (χ1v) is 7.39. The Balaban J connectivity index is 2.39. The Morgan fingerprint density at radius 2 is 2.37 bits per heavy atom. The number of hydrogen-bond acceptors (Lipinski definition) is 5. The van der Waals surface area contributed by atoms with Gasteiger partial charge in [-0.15, -0.1) is 5.10 Å². The first-order valence-electron chi connectivity index (χ1n) is 6.60. The van der Waals surface area contributed by atoms with Crippen molar-refractivity contribution < 1.29 is 4.74 Å². The maximum absolute atomic E-state index is 5.90. The van der Waals surface area contributed by atoms with Gasteiger partial charge in [-0.2, -0.15) is 0 Å². The first-order chi connectivity index (χ1) is 9.04. The average Bonchev–Trinajstić information content (AvgIpc) is 2.72. The summed E-state index contributed by atoms with van der Waals surface area (Å²) in [5.41, 5.74) is 3.54. The van der Waals surface area contributed by atoms with Gasteiger partial charge >= 0.3 is 0 Å². The van der Waals surface area contributed by atoms with E-state index in [2.05, 4.69) is 38.6 Å². The van der Waals surface area contributed by atoms with Gasteiger partial charge in [0, 0.05) is 14.2 Å². The molecule has 0 aromatic carbocycles. The van der Waals surface area contributed by atoms with Crippen LogP contribution in [0.25, 0.3) is 0 Å². The van der Waals surface area contributed by atoms with Crippen LogP contribution in [-0.4, -0.2) is 27.7 Å². The van der Waals surface area contributed by atoms with Crippen molar-refractivity contribution in [3.05, 3.63) is 10.3 Å². The second kappa shape index (κ2) is 5.87. The van der Waals surface area contributed by atoms with Crippen LogP contribution in [0.15, 0.2) is 4.60 Å². The molecule has 0 spiro atoms. The summed E-state index contributed by atoms with van der Waals surface area (Å²) in [6.07, 6.45) is 4.36. The van der Waals surface area contributed by atoms with Gasteiger partial charge < -0.3 is 4.74 Å². The lowest BCUT2D eigenvalue weighted by Crippen LogP contribution is -2.51. The van der Waals surface area contributed by atoms with Crippen LogP contribution in [0.3, 0.4) is 0 Å². The smallest absolute Gasteiger partial charge is 0.153 e. The summed E-state index contributed by atoms with van der Waals surface area (Å²) in [5, 5.41) is 8.08. The van der Waals surface area contributed by atoms with E-state index in [1.54, 1.807) is 11.8 Å². The highest BCUT2D eigenvalue weighted by molar-refractivity contribution is 9.10. The molecule has 3 unspecified atom stereocenters. The summed E-state index contributed by atoms with van der Waals surface area (Å²) in [7, 11) is 3.63. The van der Waals surface area contributed by atoms with Gasteiger partial charge in [0.1, 0.15) is 0 Å². The van der Waals surface area contributed by atoms with E-state index in [0.29, 0.717) is 10.5 Å². The third-order valence-electron chi connectivity index (χ3n) is 4.19. The van der Waals surface area contributed by atoms with Crippen molar-refractivity contribution in [2.45, 2.75) is 44.2 Å². The third-order valence-corrected chi connectivity index (χ3v) is 4.76. The molecule has 6 nitrogen and oxygen atoms in total. The number of ether oxygens (including phenoxy) is 1. The quantitative estimate of drug-likeness (QED) is 0.648. The van der Waals surface area contributed by atoms with E-state index in [1.807, 2.05) is 7.05 Å². The van der Waals surface area contributed by atoms with E-state index in [-0.39, 0.29) is 11.6 Å². The molecule has 108 valence electrons. The van der Waals surface area contributed by atoms with Gasteiger partial charge in [-0.3, -0.25) is 5.84 Å². The molecule has 0 aliphatic heterocycles. The Bertz CT molecular complexity index is 418. The van der Waals surface area contributed by atoms with Crippen LogP contribution in [0.5, 0.6) is 0 Å². The summed E-state index contributed by atoms with van der Waals surface area (Å²) in [6, 6.07) is -0.130. The molecule has 3 atom stereocenters. The number of nitrogens with two attached hydrogens (primary N) is 1. The number of methoxy groups -OCH3 is 1. The number of hydrazine groups is 1. The van der Waals surface area contributed by atoms with Crippen LogP contribution in [0.4, 0.5) is 0 Å². The van der Waals surface area contributed by atoms with E-state index in [0.717, 1.165) is 25.0 Å². The van der Waals surface area contributed by atoms with Crippen molar-refractivity contribution in [1.82, 2.24) is 20.4 Å². The number of nitrogens with zero attached hydrogens (tertiary/aromatic N) is 3. The van der Waals surface area contributed by atoms with Crippen molar-refractivity contribution in [2.24, 2.45) is 18.8 Å². The topological polar surface area (TPSA) is 78.0 Å². The molecular weight excluding hydrogens is 310 g/mol. The molecule has 1 aliphatic carbocycles. The summed E-state index contributed by atoms with van der Waals surface area (Å²) >= 11 is 3.45. The molecule has 2 rings (SSSR count). The molecule has 7 heteroatoms. The monoisotopic (exact) mass is 331 g/mol. The lowest BCUT2D eigenvalue weighted by molar-refractivity contribution is -0.0824. The van der Waals surface area contributed by atoms with E-state index in [4.69, 9.17) is 10.6 Å². The van der Waals surface area contributed by atoms with Crippen molar-refractivity contribution >= 4 is 15.9 Å². The number of aryl methyl sites for hydroxylation is 1. The zero-order valence-corrected chi connectivity index (χ0v) is 13.3. The largest absolute Gasteiger partial charge is 0.376 e. The van der Waals surface area contributed by atoms with Crippen molar-refractivity contribution in [3.63, 3.8) is 0 Å². The second-order valence-corrected chi connectivity index (χ2v) is 6.21. The fourth-order valence-electron chi connectivity index (χ4n) is 3.23. The highest BCUT2D eigenvalue weighted by atomic mass is 79.9. The fraction of sp³-hybridized carbons (Fsp3) is 0.833. The maximum atomic E-state index is 5.90. The minimum atomic E-state index is -0.301. The van der Waals surface area contributed by atoms with Gasteiger partial charge in [0.25, 0.3) is 0 Å². The van der Waals surface area contributed by atoms with E-state index < -0.39 is 0 Å². The highest BCUT2D eigenvalue weighted by Gasteiger charge is 2.44. The Labute approximate surface area is 122 Å². The maximum Gasteiger partial charge on any atom is 0.153 e. The Morgan fingerprint density at radius 3 is 2.84 bits per heavy atom. The van der Waals surface area contributed by atoms with Crippen LogP contribution in [0, 0.1) is 5.92 Å². The van der Waals surface area contributed by atoms with Gasteiger partial charge in [-0.05, 0) is 34.7 Å². The molecule has 1 aliphatic rings. The molecule has 3 N–H and O–H groups in total. The molecule has 0 saturated heterocycles. The number of nitrogens with one attached hydrogen (secondary N) is 1. The summed E-state index contributed by atoms with van der Waals surface area (Å²) in [4.78, 5) is 0. The van der Waals surface area contributed by atoms with Crippen LogP contribution in [0.1, 0.15) is 44.3 Å².